The van der Waals surface area contributed by atoms with Gasteiger partial charge in [0.15, 0.2) is 5.82 Å². The lowest BCUT2D eigenvalue weighted by Gasteiger charge is -2.39. The third kappa shape index (κ3) is 4.95. The van der Waals surface area contributed by atoms with Crippen molar-refractivity contribution >= 4 is 29.2 Å². The molecule has 1 aromatic carbocycles. The lowest BCUT2D eigenvalue weighted by Crippen LogP contribution is -2.43. The van der Waals surface area contributed by atoms with E-state index in [2.05, 4.69) is 21.8 Å². The number of carbonyl (C=O) groups excluding carboxylic acids is 2. The van der Waals surface area contributed by atoms with Crippen molar-refractivity contribution in [2.45, 2.75) is 63.1 Å². The van der Waals surface area contributed by atoms with Crippen molar-refractivity contribution in [1.29, 1.82) is 5.26 Å². The molecule has 1 aromatic heterocycles. The number of benzene rings is 1. The van der Waals surface area contributed by atoms with Crippen LogP contribution >= 0.6 is 11.6 Å². The first-order chi connectivity index (χ1) is 15.4. The van der Waals surface area contributed by atoms with Crippen LogP contribution in [0.25, 0.3) is 0 Å². The fourth-order valence-electron chi connectivity index (χ4n) is 4.31. The maximum Gasteiger partial charge on any atom is 0.254 e. The Morgan fingerprint density at radius 3 is 2.50 bits per heavy atom. The molecule has 2 aromatic rings. The molecule has 8 nitrogen and oxygen atoms in total. The van der Waals surface area contributed by atoms with E-state index in [-0.39, 0.29) is 29.6 Å². The van der Waals surface area contributed by atoms with Crippen LogP contribution in [0.5, 0.6) is 0 Å². The van der Waals surface area contributed by atoms with Gasteiger partial charge in [-0.1, -0.05) is 23.7 Å². The van der Waals surface area contributed by atoms with E-state index < -0.39 is 11.4 Å². The number of aromatic nitrogens is 2. The number of rotatable bonds is 8. The summed E-state index contributed by atoms with van der Waals surface area (Å²) >= 11 is 5.95. The van der Waals surface area contributed by atoms with Crippen molar-refractivity contribution in [3.63, 3.8) is 0 Å². The number of hydrogen-bond acceptors (Lipinski definition) is 5. The zero-order chi connectivity index (χ0) is 22.7. The molecule has 2 amide bonds. The summed E-state index contributed by atoms with van der Waals surface area (Å²) in [6.07, 6.45) is 6.75. The molecule has 32 heavy (non-hydrogen) atoms. The SMILES string of the molecule is N#CC[C@]1(n2cc(C(N)=O)c(NC(=O)C3CC3)n2)CC[C@H](NCc2ccc(Cl)cc2)CC1. The molecular formula is C23H27ClN6O2. The van der Waals surface area contributed by atoms with E-state index in [0.29, 0.717) is 6.04 Å². The molecule has 168 valence electrons. The summed E-state index contributed by atoms with van der Waals surface area (Å²) in [5, 5.41) is 21.1. The average Bonchev–Trinajstić information content (AvgIpc) is 3.54. The van der Waals surface area contributed by atoms with Gasteiger partial charge in [-0.05, 0) is 56.2 Å². The molecule has 0 unspecified atom stereocenters. The van der Waals surface area contributed by atoms with Crippen molar-refractivity contribution in [3.8, 4) is 6.07 Å². The van der Waals surface area contributed by atoms with Crippen LogP contribution in [0.4, 0.5) is 5.82 Å². The maximum atomic E-state index is 12.2. The summed E-state index contributed by atoms with van der Waals surface area (Å²) in [6, 6.07) is 10.4. The maximum absolute atomic E-state index is 12.2. The average molecular weight is 455 g/mol. The van der Waals surface area contributed by atoms with Gasteiger partial charge in [-0.3, -0.25) is 14.3 Å². The highest BCUT2D eigenvalue weighted by atomic mass is 35.5. The zero-order valence-corrected chi connectivity index (χ0v) is 18.6. The van der Waals surface area contributed by atoms with Crippen molar-refractivity contribution < 1.29 is 9.59 Å². The number of halogens is 1. The summed E-state index contributed by atoms with van der Waals surface area (Å²) in [5.74, 6) is -0.610. The van der Waals surface area contributed by atoms with E-state index in [1.807, 2.05) is 24.3 Å². The smallest absolute Gasteiger partial charge is 0.254 e. The van der Waals surface area contributed by atoms with Crippen molar-refractivity contribution in [1.82, 2.24) is 15.1 Å². The minimum Gasteiger partial charge on any atom is -0.365 e. The largest absolute Gasteiger partial charge is 0.365 e. The van der Waals surface area contributed by atoms with E-state index >= 15 is 0 Å². The van der Waals surface area contributed by atoms with Crippen molar-refractivity contribution in [3.05, 3.63) is 46.6 Å². The highest BCUT2D eigenvalue weighted by Crippen LogP contribution is 2.39. The molecule has 0 saturated heterocycles. The first kappa shape index (κ1) is 22.3. The van der Waals surface area contributed by atoms with E-state index in [0.717, 1.165) is 55.7 Å². The van der Waals surface area contributed by atoms with Crippen molar-refractivity contribution in [2.24, 2.45) is 11.7 Å². The van der Waals surface area contributed by atoms with Crippen LogP contribution in [0.1, 0.15) is 60.9 Å². The Balaban J connectivity index is 1.46. The zero-order valence-electron chi connectivity index (χ0n) is 17.8. The number of nitrogens with zero attached hydrogens (tertiary/aromatic N) is 3. The fraction of sp³-hybridized carbons (Fsp3) is 0.478. The van der Waals surface area contributed by atoms with E-state index in [1.54, 1.807) is 10.9 Å². The topological polar surface area (TPSA) is 126 Å². The van der Waals surface area contributed by atoms with Gasteiger partial charge in [-0.15, -0.1) is 0 Å². The number of amides is 2. The number of nitriles is 1. The highest BCUT2D eigenvalue weighted by molar-refractivity contribution is 6.30. The Morgan fingerprint density at radius 2 is 1.91 bits per heavy atom. The molecule has 1 heterocycles. The monoisotopic (exact) mass is 454 g/mol. The van der Waals surface area contributed by atoms with Crippen LogP contribution in [-0.2, 0) is 16.9 Å². The molecule has 0 radical (unpaired) electrons. The third-order valence-corrected chi connectivity index (χ3v) is 6.74. The van der Waals surface area contributed by atoms with Crippen molar-refractivity contribution in [2.75, 3.05) is 5.32 Å². The predicted octanol–water partition coefficient (Wildman–Crippen LogP) is 3.33. The third-order valence-electron chi connectivity index (χ3n) is 6.49. The standard InChI is InChI=1S/C23H27ClN6O2/c24-17-5-1-15(2-6-17)13-27-18-7-9-23(10-8-18,11-12-25)30-14-19(20(26)31)21(29-30)28-22(32)16-3-4-16/h1-2,5-6,14,16,18,27H,3-4,7-11,13H2,(H2,26,31)(H,28,29,32)/t18-,23-. The molecule has 0 spiro atoms. The highest BCUT2D eigenvalue weighted by Gasteiger charge is 2.39. The van der Waals surface area contributed by atoms with Gasteiger partial charge in [0, 0.05) is 29.7 Å². The van der Waals surface area contributed by atoms with E-state index in [9.17, 15) is 14.9 Å². The van der Waals surface area contributed by atoms with Crippen LogP contribution in [0.3, 0.4) is 0 Å². The van der Waals surface area contributed by atoms with Gasteiger partial charge in [-0.25, -0.2) is 0 Å². The normalized spacial score (nSPS) is 22.8. The number of anilines is 1. The van der Waals surface area contributed by atoms with E-state index in [4.69, 9.17) is 17.3 Å². The molecule has 0 bridgehead atoms. The summed E-state index contributed by atoms with van der Waals surface area (Å²) < 4.78 is 1.69. The Morgan fingerprint density at radius 1 is 1.22 bits per heavy atom. The Bertz CT molecular complexity index is 1030. The Hall–Kier alpha value is -2.89. The van der Waals surface area contributed by atoms with Crippen LogP contribution in [0.15, 0.2) is 30.5 Å². The van der Waals surface area contributed by atoms with Gasteiger partial charge in [-0.2, -0.15) is 10.4 Å². The molecule has 0 atom stereocenters. The number of carbonyl (C=O) groups is 2. The lowest BCUT2D eigenvalue weighted by atomic mass is 9.77. The minimum atomic E-state index is -0.646. The first-order valence-electron chi connectivity index (χ1n) is 11.0. The molecule has 2 aliphatic carbocycles. The van der Waals surface area contributed by atoms with Gasteiger partial charge in [0.05, 0.1) is 18.0 Å². The lowest BCUT2D eigenvalue weighted by molar-refractivity contribution is -0.117. The molecule has 4 N–H and O–H groups in total. The molecule has 2 saturated carbocycles. The quantitative estimate of drug-likeness (QED) is 0.564. The predicted molar refractivity (Wildman–Crippen MR) is 121 cm³/mol. The van der Waals surface area contributed by atoms with Gasteiger partial charge in [0.1, 0.15) is 5.56 Å². The first-order valence-corrected chi connectivity index (χ1v) is 11.3. The molecular weight excluding hydrogens is 428 g/mol. The van der Waals surface area contributed by atoms with Crippen LogP contribution in [0, 0.1) is 17.2 Å². The van der Waals surface area contributed by atoms with Gasteiger partial charge >= 0.3 is 0 Å². The number of nitrogens with one attached hydrogen (secondary N) is 2. The summed E-state index contributed by atoms with van der Waals surface area (Å²) in [7, 11) is 0. The fourth-order valence-corrected chi connectivity index (χ4v) is 4.44. The Kier molecular flexibility index (Phi) is 6.49. The number of nitrogens with two attached hydrogens (primary N) is 1. The summed E-state index contributed by atoms with van der Waals surface area (Å²) in [6.45, 7) is 0.748. The summed E-state index contributed by atoms with van der Waals surface area (Å²) in [5.41, 5.74) is 6.36. The van der Waals surface area contributed by atoms with Gasteiger partial charge in [0.25, 0.3) is 5.91 Å². The molecule has 0 aliphatic heterocycles. The second kappa shape index (κ2) is 9.31. The van der Waals surface area contributed by atoms with E-state index in [1.165, 1.54) is 0 Å². The minimum absolute atomic E-state index is 0.0175. The van der Waals surface area contributed by atoms with Crippen LogP contribution in [-0.4, -0.2) is 27.6 Å². The Labute approximate surface area is 192 Å². The van der Waals surface area contributed by atoms with Gasteiger partial charge < -0.3 is 16.4 Å². The molecule has 2 fully saturated rings. The van der Waals surface area contributed by atoms with Gasteiger partial charge in [0.2, 0.25) is 5.91 Å². The van der Waals surface area contributed by atoms with Crippen LogP contribution < -0.4 is 16.4 Å². The number of hydrogen-bond donors (Lipinski definition) is 3. The number of primary amides is 1. The molecule has 4 rings (SSSR count). The summed E-state index contributed by atoms with van der Waals surface area (Å²) in [4.78, 5) is 24.2. The molecule has 9 heteroatoms. The second-order valence-corrected chi connectivity index (χ2v) is 9.24. The van der Waals surface area contributed by atoms with Crippen LogP contribution in [0.2, 0.25) is 5.02 Å². The molecule has 2 aliphatic rings. The second-order valence-electron chi connectivity index (χ2n) is 8.80.